The second-order valence-electron chi connectivity index (χ2n) is 4.40. The third kappa shape index (κ3) is 4.18. The van der Waals surface area contributed by atoms with Crippen LogP contribution in [0.2, 0.25) is 0 Å². The lowest BCUT2D eigenvalue weighted by atomic mass is 10.1. The van der Waals surface area contributed by atoms with Crippen LogP contribution in [-0.4, -0.2) is 11.0 Å². The van der Waals surface area contributed by atoms with E-state index in [1.807, 2.05) is 12.1 Å². The lowest BCUT2D eigenvalue weighted by Gasteiger charge is -2.11. The molecule has 0 amide bonds. The van der Waals surface area contributed by atoms with Crippen LogP contribution in [0.15, 0.2) is 34.9 Å². The summed E-state index contributed by atoms with van der Waals surface area (Å²) >= 11 is 1.22. The summed E-state index contributed by atoms with van der Waals surface area (Å²) in [5.41, 5.74) is 0. The van der Waals surface area contributed by atoms with E-state index in [1.165, 1.54) is 11.3 Å². The first kappa shape index (κ1) is 13.8. The van der Waals surface area contributed by atoms with E-state index in [4.69, 9.17) is 4.42 Å². The highest BCUT2D eigenvalue weighted by atomic mass is 32.1. The quantitative estimate of drug-likeness (QED) is 0.623. The molecule has 0 saturated carbocycles. The van der Waals surface area contributed by atoms with Crippen molar-refractivity contribution in [2.45, 2.75) is 32.4 Å². The zero-order valence-corrected chi connectivity index (χ0v) is 11.5. The van der Waals surface area contributed by atoms with Crippen molar-refractivity contribution in [1.82, 2.24) is 5.32 Å². The van der Waals surface area contributed by atoms with Crippen molar-refractivity contribution in [2.24, 2.45) is 0 Å². The van der Waals surface area contributed by atoms with Gasteiger partial charge in [-0.25, -0.2) is 0 Å². The summed E-state index contributed by atoms with van der Waals surface area (Å²) in [4.78, 5) is 11.2. The number of rotatable bonds is 7. The number of nitrogens with zero attached hydrogens (tertiary/aromatic N) is 1. The van der Waals surface area contributed by atoms with Crippen molar-refractivity contribution in [3.8, 4) is 0 Å². The van der Waals surface area contributed by atoms with Crippen molar-refractivity contribution < 1.29 is 9.34 Å². The Kier molecular flexibility index (Phi) is 4.70. The van der Waals surface area contributed by atoms with Crippen LogP contribution in [0.4, 0.5) is 5.00 Å². The fraction of sp³-hybridized carbons (Fsp3) is 0.385. The van der Waals surface area contributed by atoms with Crippen LogP contribution < -0.4 is 5.32 Å². The van der Waals surface area contributed by atoms with Gasteiger partial charge in [-0.05, 0) is 31.5 Å². The Morgan fingerprint density at radius 3 is 2.95 bits per heavy atom. The van der Waals surface area contributed by atoms with E-state index in [-0.39, 0.29) is 9.92 Å². The Labute approximate surface area is 115 Å². The standard InChI is InChI=1S/C13H16N2O3S/c1-10(4-5-11-3-2-8-18-11)14-9-12-6-7-13(19-12)15(16)17/h2-3,6-8,10,14H,4-5,9H2,1H3. The van der Waals surface area contributed by atoms with E-state index in [2.05, 4.69) is 12.2 Å². The Balaban J connectivity index is 1.73. The van der Waals surface area contributed by atoms with E-state index in [9.17, 15) is 10.1 Å². The molecule has 1 atom stereocenters. The van der Waals surface area contributed by atoms with Gasteiger partial charge in [-0.1, -0.05) is 11.3 Å². The molecule has 0 aliphatic heterocycles. The van der Waals surface area contributed by atoms with Crippen molar-refractivity contribution in [1.29, 1.82) is 0 Å². The predicted octanol–water partition coefficient (Wildman–Crippen LogP) is 3.36. The van der Waals surface area contributed by atoms with Gasteiger partial charge in [0.25, 0.3) is 0 Å². The minimum absolute atomic E-state index is 0.194. The number of thiophene rings is 1. The molecule has 0 fully saturated rings. The van der Waals surface area contributed by atoms with Crippen LogP contribution in [0.1, 0.15) is 24.0 Å². The van der Waals surface area contributed by atoms with Crippen LogP contribution in [0, 0.1) is 10.1 Å². The molecule has 0 spiro atoms. The molecule has 0 radical (unpaired) electrons. The molecule has 19 heavy (non-hydrogen) atoms. The fourth-order valence-electron chi connectivity index (χ4n) is 1.75. The molecule has 6 heteroatoms. The Morgan fingerprint density at radius 1 is 1.47 bits per heavy atom. The average molecular weight is 280 g/mol. The molecule has 1 N–H and O–H groups in total. The van der Waals surface area contributed by atoms with Crippen LogP contribution in [0.25, 0.3) is 0 Å². The molecule has 2 rings (SSSR count). The van der Waals surface area contributed by atoms with Gasteiger partial charge < -0.3 is 9.73 Å². The van der Waals surface area contributed by atoms with Crippen LogP contribution in [0.5, 0.6) is 0 Å². The average Bonchev–Trinajstić information content (AvgIpc) is 3.05. The number of nitro groups is 1. The highest BCUT2D eigenvalue weighted by molar-refractivity contribution is 7.15. The maximum Gasteiger partial charge on any atom is 0.324 e. The molecule has 0 aliphatic rings. The van der Waals surface area contributed by atoms with Crippen LogP contribution >= 0.6 is 11.3 Å². The first-order valence-electron chi connectivity index (χ1n) is 6.14. The second-order valence-corrected chi connectivity index (χ2v) is 5.54. The van der Waals surface area contributed by atoms with Crippen LogP contribution in [-0.2, 0) is 13.0 Å². The third-order valence-electron chi connectivity index (χ3n) is 2.86. The van der Waals surface area contributed by atoms with Gasteiger partial charge in [0.2, 0.25) is 0 Å². The van der Waals surface area contributed by atoms with E-state index in [0.717, 1.165) is 23.5 Å². The van der Waals surface area contributed by atoms with Gasteiger partial charge in [-0.2, -0.15) is 0 Å². The summed E-state index contributed by atoms with van der Waals surface area (Å²) in [5.74, 6) is 0.986. The minimum Gasteiger partial charge on any atom is -0.469 e. The van der Waals surface area contributed by atoms with Gasteiger partial charge in [0.05, 0.1) is 11.2 Å². The lowest BCUT2D eigenvalue weighted by Crippen LogP contribution is -2.25. The van der Waals surface area contributed by atoms with Crippen LogP contribution in [0.3, 0.4) is 0 Å². The number of hydrogen-bond acceptors (Lipinski definition) is 5. The molecule has 0 aromatic carbocycles. The van der Waals surface area contributed by atoms with E-state index < -0.39 is 0 Å². The highest BCUT2D eigenvalue weighted by Crippen LogP contribution is 2.23. The normalized spacial score (nSPS) is 12.5. The van der Waals surface area contributed by atoms with E-state index >= 15 is 0 Å². The smallest absolute Gasteiger partial charge is 0.324 e. The molecular formula is C13H16N2O3S. The molecule has 0 aliphatic carbocycles. The topological polar surface area (TPSA) is 68.3 Å². The molecular weight excluding hydrogens is 264 g/mol. The number of furan rings is 1. The summed E-state index contributed by atoms with van der Waals surface area (Å²) in [7, 11) is 0. The first-order chi connectivity index (χ1) is 9.15. The fourth-order valence-corrected chi connectivity index (χ4v) is 2.52. The monoisotopic (exact) mass is 280 g/mol. The van der Waals surface area contributed by atoms with Gasteiger partial charge in [0.1, 0.15) is 5.76 Å². The van der Waals surface area contributed by atoms with Crippen molar-refractivity contribution in [3.63, 3.8) is 0 Å². The molecule has 102 valence electrons. The molecule has 2 heterocycles. The van der Waals surface area contributed by atoms with Gasteiger partial charge in [0.15, 0.2) is 0 Å². The zero-order chi connectivity index (χ0) is 13.7. The zero-order valence-electron chi connectivity index (χ0n) is 10.7. The maximum absolute atomic E-state index is 10.6. The summed E-state index contributed by atoms with van der Waals surface area (Å²) in [6, 6.07) is 7.55. The lowest BCUT2D eigenvalue weighted by molar-refractivity contribution is -0.380. The van der Waals surface area contributed by atoms with Gasteiger partial charge in [0, 0.05) is 30.0 Å². The predicted molar refractivity (Wildman–Crippen MR) is 74.3 cm³/mol. The molecule has 5 nitrogen and oxygen atoms in total. The molecule has 0 saturated heterocycles. The van der Waals surface area contributed by atoms with E-state index in [0.29, 0.717) is 12.6 Å². The van der Waals surface area contributed by atoms with Crippen molar-refractivity contribution in [2.75, 3.05) is 0 Å². The van der Waals surface area contributed by atoms with Crippen molar-refractivity contribution in [3.05, 3.63) is 51.3 Å². The van der Waals surface area contributed by atoms with Gasteiger partial charge >= 0.3 is 5.00 Å². The maximum atomic E-state index is 10.6. The second kappa shape index (κ2) is 6.49. The highest BCUT2D eigenvalue weighted by Gasteiger charge is 2.10. The number of nitrogens with one attached hydrogen (secondary N) is 1. The SMILES string of the molecule is CC(CCc1ccco1)NCc1ccc([N+](=O)[O-])s1. The molecule has 1 unspecified atom stereocenters. The summed E-state index contributed by atoms with van der Waals surface area (Å²) in [6.45, 7) is 2.77. The van der Waals surface area contributed by atoms with Gasteiger partial charge in [-0.15, -0.1) is 0 Å². The molecule has 2 aromatic heterocycles. The number of aryl methyl sites for hydroxylation is 1. The van der Waals surface area contributed by atoms with E-state index in [1.54, 1.807) is 18.4 Å². The van der Waals surface area contributed by atoms with Crippen molar-refractivity contribution >= 4 is 16.3 Å². The molecule has 2 aromatic rings. The van der Waals surface area contributed by atoms with Gasteiger partial charge in [-0.3, -0.25) is 10.1 Å². The first-order valence-corrected chi connectivity index (χ1v) is 6.95. The summed E-state index contributed by atoms with van der Waals surface area (Å²) in [6.07, 6.45) is 3.55. The minimum atomic E-state index is -0.353. The largest absolute Gasteiger partial charge is 0.469 e. The summed E-state index contributed by atoms with van der Waals surface area (Å²) in [5, 5.41) is 14.1. The Morgan fingerprint density at radius 2 is 2.32 bits per heavy atom. The Bertz CT molecular complexity index is 522. The third-order valence-corrected chi connectivity index (χ3v) is 3.89. The summed E-state index contributed by atoms with van der Waals surface area (Å²) < 4.78 is 5.28. The molecule has 0 bridgehead atoms. The number of hydrogen-bond donors (Lipinski definition) is 1. The Hall–Kier alpha value is -1.66.